The van der Waals surface area contributed by atoms with Gasteiger partial charge in [0.1, 0.15) is 30.2 Å². The number of H-pyrrole nitrogens is 1. The molecule has 7 nitrogen and oxygen atoms in total. The minimum atomic E-state index is -4.55. The fourth-order valence-electron chi connectivity index (χ4n) is 2.03. The molecule has 0 bridgehead atoms. The number of aliphatic hydroxyl groups excluding tert-OH is 5. The lowest BCUT2D eigenvalue weighted by atomic mass is 10.0. The summed E-state index contributed by atoms with van der Waals surface area (Å²) in [6.45, 7) is -0.847. The monoisotopic (exact) mass is 336 g/mol. The Hall–Kier alpha value is -1.72. The maximum atomic E-state index is 12.6. The number of rotatable bonds is 5. The summed E-state index contributed by atoms with van der Waals surface area (Å²) in [5.74, 6) is -0.281. The van der Waals surface area contributed by atoms with Crippen LogP contribution in [0.2, 0.25) is 0 Å². The van der Waals surface area contributed by atoms with E-state index in [0.717, 1.165) is 18.2 Å². The van der Waals surface area contributed by atoms with Crippen molar-refractivity contribution in [2.24, 2.45) is 0 Å². The number of hydrogen-bond acceptors (Lipinski definition) is 6. The van der Waals surface area contributed by atoms with Gasteiger partial charge in [0, 0.05) is 0 Å². The van der Waals surface area contributed by atoms with Gasteiger partial charge in [0.05, 0.1) is 23.2 Å². The molecule has 6 N–H and O–H groups in total. The summed E-state index contributed by atoms with van der Waals surface area (Å²) in [6.07, 6.45) is -11.8. The van der Waals surface area contributed by atoms with Gasteiger partial charge in [-0.2, -0.15) is 13.2 Å². The van der Waals surface area contributed by atoms with E-state index in [4.69, 9.17) is 5.11 Å². The Morgan fingerprint density at radius 1 is 1.09 bits per heavy atom. The first-order chi connectivity index (χ1) is 10.6. The number of hydrogen-bond donors (Lipinski definition) is 6. The van der Waals surface area contributed by atoms with Crippen molar-refractivity contribution in [3.63, 3.8) is 0 Å². The Morgan fingerprint density at radius 3 is 2.30 bits per heavy atom. The molecule has 0 fully saturated rings. The van der Waals surface area contributed by atoms with Crippen molar-refractivity contribution in [3.05, 3.63) is 29.6 Å². The molecule has 3 unspecified atom stereocenters. The van der Waals surface area contributed by atoms with E-state index in [2.05, 4.69) is 9.97 Å². The maximum Gasteiger partial charge on any atom is 0.416 e. The number of fused-ring (bicyclic) bond motifs is 1. The maximum absolute atomic E-state index is 12.6. The minimum Gasteiger partial charge on any atom is -0.394 e. The van der Waals surface area contributed by atoms with Crippen LogP contribution in [0.4, 0.5) is 13.2 Å². The first-order valence-corrected chi connectivity index (χ1v) is 6.55. The van der Waals surface area contributed by atoms with Crippen LogP contribution in [0.1, 0.15) is 17.5 Å². The van der Waals surface area contributed by atoms with Gasteiger partial charge < -0.3 is 30.5 Å². The Morgan fingerprint density at radius 2 is 1.74 bits per heavy atom. The van der Waals surface area contributed by atoms with Gasteiger partial charge in [-0.05, 0) is 18.2 Å². The number of aromatic nitrogens is 2. The molecular weight excluding hydrogens is 321 g/mol. The Bertz CT molecular complexity index is 675. The summed E-state index contributed by atoms with van der Waals surface area (Å²) in [5, 5.41) is 47.1. The van der Waals surface area contributed by atoms with Gasteiger partial charge in [-0.3, -0.25) is 0 Å². The van der Waals surface area contributed by atoms with Gasteiger partial charge >= 0.3 is 6.18 Å². The first kappa shape index (κ1) is 17.6. The molecule has 0 spiro atoms. The van der Waals surface area contributed by atoms with E-state index in [1.165, 1.54) is 0 Å². The minimum absolute atomic E-state index is 0.0849. The third-order valence-corrected chi connectivity index (χ3v) is 3.36. The molecular formula is C13H15F3N2O5. The van der Waals surface area contributed by atoms with E-state index in [1.54, 1.807) is 0 Å². The molecule has 2 rings (SSSR count). The molecule has 128 valence electrons. The number of nitrogens with one attached hydrogen (secondary N) is 1. The lowest BCUT2D eigenvalue weighted by Crippen LogP contribution is -2.42. The fourth-order valence-corrected chi connectivity index (χ4v) is 2.03. The number of aromatic amines is 1. The lowest BCUT2D eigenvalue weighted by Gasteiger charge is -2.24. The van der Waals surface area contributed by atoms with Crippen LogP contribution in [0.25, 0.3) is 11.0 Å². The SMILES string of the molecule is OCC(O)C(O)C(O)[C@H](O)c1nc2cc(C(F)(F)F)ccc2[nH]1. The number of nitrogens with zero attached hydrogens (tertiary/aromatic N) is 1. The second kappa shape index (κ2) is 6.42. The Balaban J connectivity index is 2.29. The highest BCUT2D eigenvalue weighted by Gasteiger charge is 2.33. The number of halogens is 3. The van der Waals surface area contributed by atoms with Crippen molar-refractivity contribution in [1.29, 1.82) is 0 Å². The smallest absolute Gasteiger partial charge is 0.394 e. The summed E-state index contributed by atoms with van der Waals surface area (Å²) in [6, 6.07) is 2.72. The number of aliphatic hydroxyl groups is 5. The standard InChI is InChI=1S/C13H15F3N2O5/c14-13(15,16)5-1-2-6-7(3-5)18-12(17-6)11(23)10(22)9(21)8(20)4-19/h1-3,8-11,19-23H,4H2,(H,17,18)/t8?,9?,10?,11-/m0/s1. The van der Waals surface area contributed by atoms with E-state index in [-0.39, 0.29) is 16.9 Å². The van der Waals surface area contributed by atoms with Crippen LogP contribution in [0.15, 0.2) is 18.2 Å². The van der Waals surface area contributed by atoms with Gasteiger partial charge in [-0.1, -0.05) is 0 Å². The van der Waals surface area contributed by atoms with E-state index >= 15 is 0 Å². The molecule has 0 amide bonds. The second-order valence-corrected chi connectivity index (χ2v) is 5.03. The molecule has 1 heterocycles. The largest absolute Gasteiger partial charge is 0.416 e. The highest BCUT2D eigenvalue weighted by atomic mass is 19.4. The molecule has 0 aliphatic rings. The third kappa shape index (κ3) is 3.62. The van der Waals surface area contributed by atoms with Gasteiger partial charge in [-0.25, -0.2) is 4.98 Å². The van der Waals surface area contributed by atoms with E-state index in [0.29, 0.717) is 0 Å². The normalized spacial score (nSPS) is 17.9. The van der Waals surface area contributed by atoms with Gasteiger partial charge in [-0.15, -0.1) is 0 Å². The van der Waals surface area contributed by atoms with Crippen molar-refractivity contribution in [2.45, 2.75) is 30.6 Å². The molecule has 23 heavy (non-hydrogen) atoms. The highest BCUT2D eigenvalue weighted by Crippen LogP contribution is 2.31. The van der Waals surface area contributed by atoms with Crippen LogP contribution in [-0.4, -0.2) is 60.4 Å². The van der Waals surface area contributed by atoms with Crippen LogP contribution in [-0.2, 0) is 6.18 Å². The molecule has 10 heteroatoms. The molecule has 0 saturated heterocycles. The number of alkyl halides is 3. The van der Waals surface area contributed by atoms with Crippen LogP contribution in [0.3, 0.4) is 0 Å². The molecule has 0 saturated carbocycles. The van der Waals surface area contributed by atoms with Crippen LogP contribution in [0.5, 0.6) is 0 Å². The molecule has 4 atom stereocenters. The Kier molecular flexibility index (Phi) is 4.92. The predicted octanol–water partition coefficient (Wildman–Crippen LogP) is -0.310. The van der Waals surface area contributed by atoms with Crippen molar-refractivity contribution in [2.75, 3.05) is 6.61 Å². The molecule has 0 aliphatic heterocycles. The first-order valence-electron chi connectivity index (χ1n) is 6.55. The van der Waals surface area contributed by atoms with Gasteiger partial charge in [0.15, 0.2) is 0 Å². The zero-order valence-corrected chi connectivity index (χ0v) is 11.6. The molecule has 0 aliphatic carbocycles. The summed E-state index contributed by atoms with van der Waals surface area (Å²) < 4.78 is 37.9. The van der Waals surface area contributed by atoms with Crippen molar-refractivity contribution < 1.29 is 38.7 Å². The average molecular weight is 336 g/mol. The van der Waals surface area contributed by atoms with Crippen LogP contribution < -0.4 is 0 Å². The van der Waals surface area contributed by atoms with Crippen molar-refractivity contribution in [3.8, 4) is 0 Å². The summed E-state index contributed by atoms with van der Waals surface area (Å²) in [7, 11) is 0. The van der Waals surface area contributed by atoms with Gasteiger partial charge in [0.25, 0.3) is 0 Å². The summed E-state index contributed by atoms with van der Waals surface area (Å²) in [5.41, 5.74) is -0.816. The summed E-state index contributed by atoms with van der Waals surface area (Å²) >= 11 is 0. The number of benzene rings is 1. The van der Waals surface area contributed by atoms with Crippen LogP contribution >= 0.6 is 0 Å². The molecule has 1 aromatic heterocycles. The van der Waals surface area contributed by atoms with Crippen molar-refractivity contribution >= 4 is 11.0 Å². The number of imidazole rings is 1. The quantitative estimate of drug-likeness (QED) is 0.444. The third-order valence-electron chi connectivity index (χ3n) is 3.36. The van der Waals surface area contributed by atoms with E-state index in [9.17, 15) is 33.6 Å². The Labute approximate surface area is 127 Å². The van der Waals surface area contributed by atoms with E-state index in [1.807, 2.05) is 0 Å². The lowest BCUT2D eigenvalue weighted by molar-refractivity contribution is -0.137. The molecule has 1 aromatic carbocycles. The fraction of sp³-hybridized carbons (Fsp3) is 0.462. The predicted molar refractivity (Wildman–Crippen MR) is 71.2 cm³/mol. The molecule has 2 aromatic rings. The highest BCUT2D eigenvalue weighted by molar-refractivity contribution is 5.76. The van der Waals surface area contributed by atoms with E-state index < -0.39 is 42.8 Å². The molecule has 0 radical (unpaired) electrons. The topological polar surface area (TPSA) is 130 Å². The van der Waals surface area contributed by atoms with Crippen LogP contribution in [0, 0.1) is 0 Å². The zero-order valence-electron chi connectivity index (χ0n) is 11.6. The average Bonchev–Trinajstić information content (AvgIpc) is 2.94. The summed E-state index contributed by atoms with van der Waals surface area (Å²) in [4.78, 5) is 6.28. The zero-order chi connectivity index (χ0) is 17.4. The van der Waals surface area contributed by atoms with Crippen molar-refractivity contribution in [1.82, 2.24) is 9.97 Å². The second-order valence-electron chi connectivity index (χ2n) is 5.03. The van der Waals surface area contributed by atoms with Gasteiger partial charge in [0.2, 0.25) is 0 Å².